The Kier molecular flexibility index (Phi) is 10.2. The van der Waals surface area contributed by atoms with Crippen molar-refractivity contribution in [3.05, 3.63) is 32.4 Å². The number of quaternary nitrogens is 1. The van der Waals surface area contributed by atoms with Crippen LogP contribution in [0.3, 0.4) is 0 Å². The zero-order valence-corrected chi connectivity index (χ0v) is 16.8. The molecule has 1 heterocycles. The van der Waals surface area contributed by atoms with Crippen LogP contribution in [-0.2, 0) is 9.57 Å². The first-order valence-corrected chi connectivity index (χ1v) is 8.68. The van der Waals surface area contributed by atoms with Crippen molar-refractivity contribution in [3.63, 3.8) is 0 Å². The molecule has 168 valence electrons. The summed E-state index contributed by atoms with van der Waals surface area (Å²) in [6.45, 7) is 5.23. The van der Waals surface area contributed by atoms with Gasteiger partial charge in [0, 0.05) is 19.2 Å². The Hall–Kier alpha value is -3.27. The van der Waals surface area contributed by atoms with E-state index in [4.69, 9.17) is 15.5 Å². The lowest BCUT2D eigenvalue weighted by atomic mass is 10.2. The zero-order valence-electron chi connectivity index (χ0n) is 16.8. The van der Waals surface area contributed by atoms with E-state index in [1.807, 2.05) is 11.9 Å². The Bertz CT molecular complexity index is 702. The second kappa shape index (κ2) is 12.3. The second-order valence-electron chi connectivity index (χ2n) is 5.69. The van der Waals surface area contributed by atoms with Crippen molar-refractivity contribution in [2.45, 2.75) is 6.92 Å². The van der Waals surface area contributed by atoms with Gasteiger partial charge in [0.05, 0.1) is 43.8 Å². The monoisotopic (exact) mass is 433 g/mol. The normalized spacial score (nSPS) is 13.7. The fourth-order valence-corrected chi connectivity index (χ4v) is 2.46. The average Bonchev–Trinajstić information content (AvgIpc) is 2.73. The third-order valence-corrected chi connectivity index (χ3v) is 3.88. The van der Waals surface area contributed by atoms with E-state index in [1.165, 1.54) is 7.11 Å². The van der Waals surface area contributed by atoms with Gasteiger partial charge in [0.25, 0.3) is 0 Å². The lowest BCUT2D eigenvalue weighted by Gasteiger charge is -2.30. The summed E-state index contributed by atoms with van der Waals surface area (Å²) in [6, 6.07) is 1.71. The van der Waals surface area contributed by atoms with Crippen LogP contribution in [0.15, 0.2) is 12.1 Å². The SMILES string of the molecule is CCOC(=O)N1CCN([NH2+]OC)CC1.COc1cc(ON)c([N+](=O)[O-])cc1[N+](=O)[O-]. The standard InChI is InChI=1S/C8H17N3O3.C7H7N3O6/c1-3-14-8(12)10-4-6-11(7-5-10)9-13-2;1-15-6-3-7(16-8)5(10(13)14)2-4(6)9(11)12/h9H,3-7H2,1-2H3;2-3H,8H2,1H3/p+1. The van der Waals surface area contributed by atoms with Crippen LogP contribution in [0.5, 0.6) is 11.5 Å². The molecule has 1 aliphatic heterocycles. The van der Waals surface area contributed by atoms with Crippen molar-refractivity contribution in [3.8, 4) is 11.5 Å². The molecular formula is C15H25N6O9+. The number of methoxy groups -OCH3 is 1. The number of piperazine rings is 1. The van der Waals surface area contributed by atoms with E-state index in [0.29, 0.717) is 19.7 Å². The van der Waals surface area contributed by atoms with Gasteiger partial charge in [-0.15, -0.1) is 10.6 Å². The Morgan fingerprint density at radius 1 is 1.10 bits per heavy atom. The fraction of sp³-hybridized carbons (Fsp3) is 0.533. The molecule has 15 nitrogen and oxygen atoms in total. The Labute approximate surface area is 171 Å². The van der Waals surface area contributed by atoms with Crippen molar-refractivity contribution < 1.29 is 39.4 Å². The van der Waals surface area contributed by atoms with Crippen molar-refractivity contribution in [2.75, 3.05) is 47.0 Å². The summed E-state index contributed by atoms with van der Waals surface area (Å²) < 4.78 is 9.59. The highest BCUT2D eigenvalue weighted by molar-refractivity contribution is 5.67. The van der Waals surface area contributed by atoms with Crippen molar-refractivity contribution in [2.24, 2.45) is 5.90 Å². The van der Waals surface area contributed by atoms with Crippen molar-refractivity contribution in [1.82, 2.24) is 9.91 Å². The molecule has 1 saturated heterocycles. The topological polar surface area (TPSA) is 189 Å². The van der Waals surface area contributed by atoms with Crippen LogP contribution < -0.4 is 21.1 Å². The third kappa shape index (κ3) is 6.96. The molecule has 1 aromatic rings. The maximum absolute atomic E-state index is 11.3. The molecule has 1 amide bonds. The van der Waals surface area contributed by atoms with Gasteiger partial charge in [-0.1, -0.05) is 0 Å². The highest BCUT2D eigenvalue weighted by Gasteiger charge is 2.26. The highest BCUT2D eigenvalue weighted by Crippen LogP contribution is 2.38. The van der Waals surface area contributed by atoms with Gasteiger partial charge in [-0.3, -0.25) is 20.2 Å². The van der Waals surface area contributed by atoms with Crippen LogP contribution in [0.1, 0.15) is 6.92 Å². The average molecular weight is 433 g/mol. The van der Waals surface area contributed by atoms with Crippen LogP contribution in [-0.4, -0.2) is 72.9 Å². The summed E-state index contributed by atoms with van der Waals surface area (Å²) in [4.78, 5) is 41.7. The molecule has 0 radical (unpaired) electrons. The maximum Gasteiger partial charge on any atom is 0.409 e. The third-order valence-electron chi connectivity index (χ3n) is 3.88. The molecule has 1 aromatic carbocycles. The van der Waals surface area contributed by atoms with Crippen LogP contribution in [0, 0.1) is 20.2 Å². The number of nitrogens with two attached hydrogens (primary N) is 2. The van der Waals surface area contributed by atoms with Gasteiger partial charge in [-0.05, 0) is 6.92 Å². The molecule has 0 bridgehead atoms. The van der Waals surface area contributed by atoms with Crippen LogP contribution in [0.25, 0.3) is 0 Å². The number of nitrogens with zero attached hydrogens (tertiary/aromatic N) is 4. The quantitative estimate of drug-likeness (QED) is 0.322. The molecule has 0 aromatic heterocycles. The number of hydrogen-bond acceptors (Lipinski definition) is 11. The number of rotatable bonds is 7. The minimum absolute atomic E-state index is 0.170. The van der Waals surface area contributed by atoms with Crippen LogP contribution in [0.2, 0.25) is 0 Å². The molecular weight excluding hydrogens is 408 g/mol. The molecule has 15 heteroatoms. The van der Waals surface area contributed by atoms with E-state index >= 15 is 0 Å². The molecule has 30 heavy (non-hydrogen) atoms. The Balaban J connectivity index is 0.000000303. The largest absolute Gasteiger partial charge is 0.490 e. The van der Waals surface area contributed by atoms with E-state index in [-0.39, 0.29) is 17.6 Å². The summed E-state index contributed by atoms with van der Waals surface area (Å²) in [5.41, 5.74) is 0.549. The van der Waals surface area contributed by atoms with E-state index < -0.39 is 21.2 Å². The molecule has 1 fully saturated rings. The van der Waals surface area contributed by atoms with Crippen LogP contribution in [0.4, 0.5) is 16.2 Å². The van der Waals surface area contributed by atoms with E-state index in [2.05, 4.69) is 9.57 Å². The first kappa shape index (κ1) is 24.8. The van der Waals surface area contributed by atoms with E-state index in [9.17, 15) is 25.0 Å². The molecule has 2 rings (SSSR count). The highest BCUT2D eigenvalue weighted by atomic mass is 16.7. The number of nitro groups is 2. The summed E-state index contributed by atoms with van der Waals surface area (Å²) in [7, 11) is 2.81. The molecule has 0 atom stereocenters. The number of amides is 1. The molecule has 0 unspecified atom stereocenters. The molecule has 4 N–H and O–H groups in total. The fourth-order valence-electron chi connectivity index (χ4n) is 2.46. The second-order valence-corrected chi connectivity index (χ2v) is 5.69. The molecule has 0 aliphatic carbocycles. The Morgan fingerprint density at radius 2 is 1.67 bits per heavy atom. The van der Waals surface area contributed by atoms with Gasteiger partial charge in [-0.2, -0.15) is 10.7 Å². The van der Waals surface area contributed by atoms with Gasteiger partial charge in [-0.25, -0.2) is 4.79 Å². The smallest absolute Gasteiger partial charge is 0.409 e. The molecule has 0 saturated carbocycles. The van der Waals surface area contributed by atoms with Gasteiger partial charge < -0.3 is 19.2 Å². The maximum atomic E-state index is 11.3. The van der Waals surface area contributed by atoms with Gasteiger partial charge in [0.1, 0.15) is 6.07 Å². The minimum atomic E-state index is -0.839. The summed E-state index contributed by atoms with van der Waals surface area (Å²) in [6.07, 6.45) is -0.218. The minimum Gasteiger partial charge on any atom is -0.490 e. The lowest BCUT2D eigenvalue weighted by molar-refractivity contribution is -0.995. The van der Waals surface area contributed by atoms with Gasteiger partial charge in [0.15, 0.2) is 0 Å². The van der Waals surface area contributed by atoms with Gasteiger partial charge >= 0.3 is 17.5 Å². The number of nitro benzene ring substituents is 2. The molecule has 0 spiro atoms. The predicted octanol–water partition coefficient (Wildman–Crippen LogP) is -0.436. The number of benzene rings is 1. The van der Waals surface area contributed by atoms with Crippen LogP contribution >= 0.6 is 0 Å². The van der Waals surface area contributed by atoms with E-state index in [1.54, 1.807) is 17.6 Å². The molecule has 1 aliphatic rings. The lowest BCUT2D eigenvalue weighted by Crippen LogP contribution is -2.94. The summed E-state index contributed by atoms with van der Waals surface area (Å²) in [5, 5.41) is 23.2. The number of ether oxygens (including phenoxy) is 2. The van der Waals surface area contributed by atoms with Gasteiger partial charge in [0.2, 0.25) is 11.5 Å². The number of hydrogen-bond donors (Lipinski definition) is 2. The number of carbonyl (C=O) groups excluding carboxylic acids is 1. The first-order chi connectivity index (χ1) is 14.3. The Morgan fingerprint density at radius 3 is 2.10 bits per heavy atom. The van der Waals surface area contributed by atoms with Crippen molar-refractivity contribution >= 4 is 17.5 Å². The summed E-state index contributed by atoms with van der Waals surface area (Å²) >= 11 is 0. The first-order valence-electron chi connectivity index (χ1n) is 8.68. The zero-order chi connectivity index (χ0) is 22.7. The predicted molar refractivity (Wildman–Crippen MR) is 100 cm³/mol. The number of carbonyl (C=O) groups is 1. The summed E-state index contributed by atoms with van der Waals surface area (Å²) in [5.74, 6) is 4.33. The van der Waals surface area contributed by atoms with E-state index in [0.717, 1.165) is 25.2 Å². The van der Waals surface area contributed by atoms with Crippen molar-refractivity contribution in [1.29, 1.82) is 0 Å².